The van der Waals surface area contributed by atoms with Gasteiger partial charge in [0.2, 0.25) is 5.91 Å². The number of hydrogen-bond donors (Lipinski definition) is 2. The monoisotopic (exact) mass is 323 g/mol. The van der Waals surface area contributed by atoms with E-state index < -0.39 is 0 Å². The maximum Gasteiger partial charge on any atom is 0.229 e. The quantitative estimate of drug-likeness (QED) is 0.778. The van der Waals surface area contributed by atoms with Gasteiger partial charge in [-0.2, -0.15) is 0 Å². The van der Waals surface area contributed by atoms with Gasteiger partial charge in [-0.1, -0.05) is 30.3 Å². The lowest BCUT2D eigenvalue weighted by Crippen LogP contribution is -2.28. The summed E-state index contributed by atoms with van der Waals surface area (Å²) in [6, 6.07) is 12.2. The first-order valence-corrected chi connectivity index (χ1v) is 8.58. The number of carbonyl (C=O) groups excluding carboxylic acids is 1. The standard InChI is InChI=1S/C18H17N3OS/c22-18(21-16-11-23-17-10-19-7-6-13(16)17)15-9-20-8-14(15)12-4-2-1-3-5-12/h1-7,10-11,14-15,20H,8-9H2,(H,21,22)/t14?,15-/m0/s1. The van der Waals surface area contributed by atoms with Crippen molar-refractivity contribution in [2.45, 2.75) is 5.92 Å². The Labute approximate surface area is 138 Å². The van der Waals surface area contributed by atoms with Crippen LogP contribution in [-0.4, -0.2) is 24.0 Å². The molecule has 1 aliphatic rings. The van der Waals surface area contributed by atoms with Gasteiger partial charge in [0.05, 0.1) is 16.3 Å². The molecule has 4 rings (SSSR count). The fourth-order valence-electron chi connectivity index (χ4n) is 3.21. The number of amides is 1. The molecule has 0 aliphatic carbocycles. The van der Waals surface area contributed by atoms with Crippen molar-refractivity contribution in [1.82, 2.24) is 10.3 Å². The molecule has 2 aromatic heterocycles. The van der Waals surface area contributed by atoms with Crippen LogP contribution in [0.1, 0.15) is 11.5 Å². The first-order chi connectivity index (χ1) is 11.3. The number of pyridine rings is 1. The summed E-state index contributed by atoms with van der Waals surface area (Å²) < 4.78 is 1.09. The van der Waals surface area contributed by atoms with Gasteiger partial charge in [0.15, 0.2) is 0 Å². The van der Waals surface area contributed by atoms with E-state index in [4.69, 9.17) is 0 Å². The summed E-state index contributed by atoms with van der Waals surface area (Å²) in [5.74, 6) is 0.261. The number of benzene rings is 1. The van der Waals surface area contributed by atoms with Gasteiger partial charge in [0.25, 0.3) is 0 Å². The van der Waals surface area contributed by atoms with Crippen molar-refractivity contribution >= 4 is 33.0 Å². The number of nitrogens with zero attached hydrogens (tertiary/aromatic N) is 1. The number of fused-ring (bicyclic) bond motifs is 1. The minimum Gasteiger partial charge on any atom is -0.324 e. The fourth-order valence-corrected chi connectivity index (χ4v) is 4.07. The molecule has 1 fully saturated rings. The molecule has 1 aromatic carbocycles. The third kappa shape index (κ3) is 2.73. The molecule has 1 amide bonds. The predicted molar refractivity (Wildman–Crippen MR) is 93.8 cm³/mol. The summed E-state index contributed by atoms with van der Waals surface area (Å²) in [5, 5.41) is 9.51. The van der Waals surface area contributed by atoms with Gasteiger partial charge in [-0.25, -0.2) is 0 Å². The Balaban J connectivity index is 1.56. The highest BCUT2D eigenvalue weighted by molar-refractivity contribution is 7.17. The van der Waals surface area contributed by atoms with E-state index >= 15 is 0 Å². The number of hydrogen-bond acceptors (Lipinski definition) is 4. The lowest BCUT2D eigenvalue weighted by atomic mass is 9.88. The van der Waals surface area contributed by atoms with E-state index in [1.165, 1.54) is 5.56 Å². The molecule has 3 heterocycles. The largest absolute Gasteiger partial charge is 0.324 e. The minimum atomic E-state index is -0.0470. The Hall–Kier alpha value is -2.24. The Morgan fingerprint density at radius 2 is 2.09 bits per heavy atom. The zero-order valence-corrected chi connectivity index (χ0v) is 13.3. The van der Waals surface area contributed by atoms with Crippen molar-refractivity contribution in [2.24, 2.45) is 5.92 Å². The van der Waals surface area contributed by atoms with E-state index in [1.54, 1.807) is 17.5 Å². The number of aromatic nitrogens is 1. The van der Waals surface area contributed by atoms with Gasteiger partial charge >= 0.3 is 0 Å². The molecule has 1 saturated heterocycles. The maximum absolute atomic E-state index is 12.8. The molecule has 5 heteroatoms. The second-order valence-electron chi connectivity index (χ2n) is 5.79. The summed E-state index contributed by atoms with van der Waals surface area (Å²) in [7, 11) is 0. The van der Waals surface area contributed by atoms with Crippen molar-refractivity contribution in [3.8, 4) is 0 Å². The first kappa shape index (κ1) is 14.4. The van der Waals surface area contributed by atoms with Crippen LogP contribution in [0.25, 0.3) is 10.1 Å². The normalized spacial score (nSPS) is 20.7. The second kappa shape index (κ2) is 6.10. The van der Waals surface area contributed by atoms with Gasteiger partial charge in [-0.05, 0) is 11.6 Å². The Bertz CT molecular complexity index is 830. The number of rotatable bonds is 3. The predicted octanol–water partition coefficient (Wildman–Crippen LogP) is 3.24. The van der Waals surface area contributed by atoms with E-state index in [2.05, 4.69) is 27.8 Å². The molecule has 1 unspecified atom stereocenters. The van der Waals surface area contributed by atoms with Crippen LogP contribution in [0.2, 0.25) is 0 Å². The van der Waals surface area contributed by atoms with Crippen LogP contribution < -0.4 is 10.6 Å². The summed E-state index contributed by atoms with van der Waals surface area (Å²) in [4.78, 5) is 16.9. The molecular weight excluding hydrogens is 306 g/mol. The summed E-state index contributed by atoms with van der Waals surface area (Å²) in [5.41, 5.74) is 2.10. The topological polar surface area (TPSA) is 54.0 Å². The molecular formula is C18H17N3OS. The Morgan fingerprint density at radius 3 is 2.96 bits per heavy atom. The van der Waals surface area contributed by atoms with Gasteiger partial charge in [0, 0.05) is 42.2 Å². The van der Waals surface area contributed by atoms with Gasteiger partial charge in [-0.15, -0.1) is 11.3 Å². The molecule has 0 saturated carbocycles. The molecule has 23 heavy (non-hydrogen) atoms. The third-order valence-corrected chi connectivity index (χ3v) is 5.35. The van der Waals surface area contributed by atoms with Crippen LogP contribution in [0.3, 0.4) is 0 Å². The molecule has 1 aliphatic heterocycles. The average Bonchev–Trinajstić information content (AvgIpc) is 3.23. The van der Waals surface area contributed by atoms with E-state index in [1.807, 2.05) is 35.8 Å². The average molecular weight is 323 g/mol. The van der Waals surface area contributed by atoms with Crippen molar-refractivity contribution < 1.29 is 4.79 Å². The number of anilines is 1. The minimum absolute atomic E-state index is 0.0470. The lowest BCUT2D eigenvalue weighted by Gasteiger charge is -2.18. The zero-order valence-electron chi connectivity index (χ0n) is 12.5. The Kier molecular flexibility index (Phi) is 3.81. The first-order valence-electron chi connectivity index (χ1n) is 7.70. The van der Waals surface area contributed by atoms with Gasteiger partial charge in [0.1, 0.15) is 0 Å². The highest BCUT2D eigenvalue weighted by atomic mass is 32.1. The van der Waals surface area contributed by atoms with E-state index in [-0.39, 0.29) is 17.7 Å². The van der Waals surface area contributed by atoms with Crippen LogP contribution in [0, 0.1) is 5.92 Å². The maximum atomic E-state index is 12.8. The molecule has 0 bridgehead atoms. The Morgan fingerprint density at radius 1 is 1.22 bits per heavy atom. The molecule has 0 radical (unpaired) electrons. The van der Waals surface area contributed by atoms with E-state index in [0.29, 0.717) is 0 Å². The van der Waals surface area contributed by atoms with Crippen LogP contribution in [0.15, 0.2) is 54.2 Å². The summed E-state index contributed by atoms with van der Waals surface area (Å²) in [6.45, 7) is 1.56. The zero-order chi connectivity index (χ0) is 15.6. The SMILES string of the molecule is O=C(Nc1csc2cnccc12)[C@H]1CNCC1c1ccccc1. The van der Waals surface area contributed by atoms with E-state index in [9.17, 15) is 4.79 Å². The highest BCUT2D eigenvalue weighted by Crippen LogP contribution is 2.32. The lowest BCUT2D eigenvalue weighted by molar-refractivity contribution is -0.119. The van der Waals surface area contributed by atoms with Crippen molar-refractivity contribution in [3.63, 3.8) is 0 Å². The van der Waals surface area contributed by atoms with Crippen molar-refractivity contribution in [1.29, 1.82) is 0 Å². The molecule has 3 aromatic rings. The smallest absolute Gasteiger partial charge is 0.229 e. The number of thiophene rings is 1. The van der Waals surface area contributed by atoms with Gasteiger partial charge in [-0.3, -0.25) is 9.78 Å². The van der Waals surface area contributed by atoms with Crippen molar-refractivity contribution in [3.05, 3.63) is 59.7 Å². The number of nitrogens with one attached hydrogen (secondary N) is 2. The van der Waals surface area contributed by atoms with Gasteiger partial charge < -0.3 is 10.6 Å². The van der Waals surface area contributed by atoms with Crippen LogP contribution in [0.4, 0.5) is 5.69 Å². The third-order valence-electron chi connectivity index (χ3n) is 4.41. The van der Waals surface area contributed by atoms with E-state index in [0.717, 1.165) is 28.9 Å². The molecule has 2 N–H and O–H groups in total. The van der Waals surface area contributed by atoms with Crippen LogP contribution in [0.5, 0.6) is 0 Å². The summed E-state index contributed by atoms with van der Waals surface area (Å²) >= 11 is 1.60. The fraction of sp³-hybridized carbons (Fsp3) is 0.222. The van der Waals surface area contributed by atoms with Crippen molar-refractivity contribution in [2.75, 3.05) is 18.4 Å². The van der Waals surface area contributed by atoms with Crippen LogP contribution in [-0.2, 0) is 4.79 Å². The molecule has 2 atom stereocenters. The molecule has 4 nitrogen and oxygen atoms in total. The molecule has 116 valence electrons. The number of carbonyl (C=O) groups is 1. The van der Waals surface area contributed by atoms with Crippen LogP contribution >= 0.6 is 11.3 Å². The summed E-state index contributed by atoms with van der Waals surface area (Å²) in [6.07, 6.45) is 3.59. The highest BCUT2D eigenvalue weighted by Gasteiger charge is 2.34. The second-order valence-corrected chi connectivity index (χ2v) is 6.70. The molecule has 0 spiro atoms.